The van der Waals surface area contributed by atoms with Crippen molar-refractivity contribution in [3.63, 3.8) is 0 Å². The summed E-state index contributed by atoms with van der Waals surface area (Å²) < 4.78 is 16.9. The number of dihydropyridines is 1. The van der Waals surface area contributed by atoms with E-state index >= 15 is 0 Å². The maximum Gasteiger partial charge on any atom is 0.336 e. The van der Waals surface area contributed by atoms with E-state index in [4.69, 9.17) is 14.2 Å². The van der Waals surface area contributed by atoms with Gasteiger partial charge in [0.25, 0.3) is 0 Å². The van der Waals surface area contributed by atoms with Gasteiger partial charge < -0.3 is 19.5 Å². The third kappa shape index (κ3) is 5.04. The molecule has 6 nitrogen and oxygen atoms in total. The summed E-state index contributed by atoms with van der Waals surface area (Å²) in [7, 11) is 1.60. The molecule has 0 aromatic heterocycles. The van der Waals surface area contributed by atoms with Crippen LogP contribution in [0.2, 0.25) is 0 Å². The zero-order chi connectivity index (χ0) is 22.8. The van der Waals surface area contributed by atoms with Crippen LogP contribution < -0.4 is 10.1 Å². The summed E-state index contributed by atoms with van der Waals surface area (Å²) in [5.74, 6) is -0.195. The Hall–Kier alpha value is -2.12. The van der Waals surface area contributed by atoms with Crippen molar-refractivity contribution < 1.29 is 23.8 Å². The lowest BCUT2D eigenvalue weighted by Gasteiger charge is -2.39. The smallest absolute Gasteiger partial charge is 0.336 e. The van der Waals surface area contributed by atoms with Crippen LogP contribution in [0.25, 0.3) is 0 Å². The van der Waals surface area contributed by atoms with Crippen molar-refractivity contribution in [2.24, 2.45) is 5.41 Å². The molecule has 2 aliphatic rings. The van der Waals surface area contributed by atoms with Crippen molar-refractivity contribution in [3.05, 3.63) is 50.8 Å². The zero-order valence-corrected chi connectivity index (χ0v) is 20.4. The number of rotatable bonds is 7. The lowest BCUT2D eigenvalue weighted by molar-refractivity contribution is -0.140. The van der Waals surface area contributed by atoms with Gasteiger partial charge in [-0.15, -0.1) is 0 Å². The van der Waals surface area contributed by atoms with Gasteiger partial charge in [-0.2, -0.15) is 0 Å². The predicted molar refractivity (Wildman–Crippen MR) is 122 cm³/mol. The molecule has 1 aliphatic carbocycles. The van der Waals surface area contributed by atoms with E-state index in [9.17, 15) is 9.59 Å². The molecule has 0 radical (unpaired) electrons. The van der Waals surface area contributed by atoms with Crippen molar-refractivity contribution >= 4 is 27.7 Å². The molecule has 0 bridgehead atoms. The molecular weight excluding hydrogens is 462 g/mol. The maximum atomic E-state index is 13.3. The van der Waals surface area contributed by atoms with Crippen molar-refractivity contribution in [1.82, 2.24) is 5.32 Å². The number of ketones is 1. The molecule has 0 spiro atoms. The quantitative estimate of drug-likeness (QED) is 0.442. The highest BCUT2D eigenvalue weighted by molar-refractivity contribution is 9.10. The number of ether oxygens (including phenoxy) is 3. The van der Waals surface area contributed by atoms with Crippen LogP contribution in [0.1, 0.15) is 52.0 Å². The van der Waals surface area contributed by atoms with Gasteiger partial charge in [0.05, 0.1) is 23.8 Å². The summed E-state index contributed by atoms with van der Waals surface area (Å²) in [6, 6.07) is 5.65. The lowest BCUT2D eigenvalue weighted by atomic mass is 9.68. The van der Waals surface area contributed by atoms with Gasteiger partial charge in [0.15, 0.2) is 5.78 Å². The van der Waals surface area contributed by atoms with Gasteiger partial charge in [-0.3, -0.25) is 4.79 Å². The molecule has 168 valence electrons. The molecule has 1 N–H and O–H groups in total. The summed E-state index contributed by atoms with van der Waals surface area (Å²) >= 11 is 3.54. The Morgan fingerprint density at radius 3 is 2.65 bits per heavy atom. The number of carbonyl (C=O) groups excluding carboxylic acids is 2. The lowest BCUT2D eigenvalue weighted by Crippen LogP contribution is -2.38. The Labute approximate surface area is 192 Å². The maximum absolute atomic E-state index is 13.3. The summed E-state index contributed by atoms with van der Waals surface area (Å²) in [4.78, 5) is 26.4. The largest absolute Gasteiger partial charge is 0.496 e. The van der Waals surface area contributed by atoms with Gasteiger partial charge in [0.1, 0.15) is 12.4 Å². The van der Waals surface area contributed by atoms with Crippen molar-refractivity contribution in [2.45, 2.75) is 46.5 Å². The molecule has 0 amide bonds. The number of nitrogens with one attached hydrogen (secondary N) is 1. The van der Waals surface area contributed by atoms with Crippen LogP contribution >= 0.6 is 15.9 Å². The summed E-state index contributed by atoms with van der Waals surface area (Å²) in [5.41, 5.74) is 3.41. The Morgan fingerprint density at radius 1 is 1.26 bits per heavy atom. The molecule has 0 fully saturated rings. The van der Waals surface area contributed by atoms with Crippen LogP contribution in [-0.2, 0) is 19.1 Å². The highest BCUT2D eigenvalue weighted by Gasteiger charge is 2.43. The fraction of sp³-hybridized carbons (Fsp3) is 0.500. The van der Waals surface area contributed by atoms with E-state index in [0.29, 0.717) is 42.2 Å². The average molecular weight is 492 g/mol. The third-order valence-corrected chi connectivity index (χ3v) is 6.25. The molecule has 7 heteroatoms. The number of methoxy groups -OCH3 is 1. The summed E-state index contributed by atoms with van der Waals surface area (Å²) in [6.45, 7) is 8.99. The number of benzene rings is 1. The molecular formula is C24H30BrNO5. The normalized spacial score (nSPS) is 20.3. The van der Waals surface area contributed by atoms with Gasteiger partial charge in [0.2, 0.25) is 0 Å². The van der Waals surface area contributed by atoms with E-state index in [2.05, 4.69) is 35.1 Å². The number of allylic oxidation sites excluding steroid dienone is 3. The zero-order valence-electron chi connectivity index (χ0n) is 18.8. The molecule has 1 aromatic carbocycles. The first kappa shape index (κ1) is 23.5. The molecule has 31 heavy (non-hydrogen) atoms. The molecule has 0 saturated heterocycles. The van der Waals surface area contributed by atoms with Crippen LogP contribution in [-0.4, -0.2) is 38.7 Å². The van der Waals surface area contributed by atoms with Gasteiger partial charge >= 0.3 is 5.97 Å². The second-order valence-electron chi connectivity index (χ2n) is 8.66. The van der Waals surface area contributed by atoms with Crippen LogP contribution in [0.5, 0.6) is 5.75 Å². The van der Waals surface area contributed by atoms with Crippen LogP contribution in [0.4, 0.5) is 0 Å². The van der Waals surface area contributed by atoms with Crippen LogP contribution in [0, 0.1) is 5.41 Å². The molecule has 1 atom stereocenters. The first-order chi connectivity index (χ1) is 14.7. The number of Topliss-reactive ketones (excluding diaryl/α,β-unsaturated/α-hetero) is 1. The fourth-order valence-electron chi connectivity index (χ4n) is 4.32. The number of carbonyl (C=O) groups is 2. The van der Waals surface area contributed by atoms with E-state index < -0.39 is 11.9 Å². The van der Waals surface area contributed by atoms with Crippen LogP contribution in [0.15, 0.2) is 45.2 Å². The van der Waals surface area contributed by atoms with E-state index in [-0.39, 0.29) is 17.8 Å². The minimum atomic E-state index is -0.498. The van der Waals surface area contributed by atoms with Crippen LogP contribution in [0.3, 0.4) is 0 Å². The van der Waals surface area contributed by atoms with Gasteiger partial charge in [-0.05, 0) is 59.3 Å². The number of esters is 1. The van der Waals surface area contributed by atoms with Gasteiger partial charge in [-0.25, -0.2) is 4.79 Å². The first-order valence-corrected chi connectivity index (χ1v) is 11.3. The monoisotopic (exact) mass is 491 g/mol. The van der Waals surface area contributed by atoms with Gasteiger partial charge in [0, 0.05) is 35.9 Å². The van der Waals surface area contributed by atoms with E-state index in [1.807, 2.05) is 32.0 Å². The Morgan fingerprint density at radius 2 is 2.00 bits per heavy atom. The average Bonchev–Trinajstić information content (AvgIpc) is 2.69. The SMILES string of the molecule is CCOCCOC(=O)C1=C(C)NC2=C(C(=O)CC(C)(C)C2)C1c1ccc(OC)c(Br)c1. The minimum absolute atomic E-state index is 0.0582. The van der Waals surface area contributed by atoms with E-state index in [1.165, 1.54) is 0 Å². The Bertz CT molecular complexity index is 947. The number of halogens is 1. The topological polar surface area (TPSA) is 73.9 Å². The molecule has 1 aliphatic heterocycles. The number of hydrogen-bond acceptors (Lipinski definition) is 6. The van der Waals surface area contributed by atoms with Crippen molar-refractivity contribution in [2.75, 3.05) is 26.9 Å². The third-order valence-electron chi connectivity index (χ3n) is 5.63. The van der Waals surface area contributed by atoms with Crippen molar-refractivity contribution in [1.29, 1.82) is 0 Å². The summed E-state index contributed by atoms with van der Waals surface area (Å²) in [6.07, 6.45) is 1.18. The Balaban J connectivity index is 2.06. The molecule has 1 aromatic rings. The predicted octanol–water partition coefficient (Wildman–Crippen LogP) is 4.64. The standard InChI is InChI=1S/C24H30BrNO5/c1-6-30-9-10-31-23(28)20-14(2)26-17-12-24(3,4)13-18(27)22(17)21(20)15-7-8-19(29-5)16(25)11-15/h7-8,11,21,26H,6,9-10,12-13H2,1-5H3. The summed E-state index contributed by atoms with van der Waals surface area (Å²) in [5, 5.41) is 3.34. The van der Waals surface area contributed by atoms with E-state index in [1.54, 1.807) is 7.11 Å². The Kier molecular flexibility index (Phi) is 7.27. The molecule has 3 rings (SSSR count). The van der Waals surface area contributed by atoms with Gasteiger partial charge in [-0.1, -0.05) is 19.9 Å². The second-order valence-corrected chi connectivity index (χ2v) is 9.51. The molecule has 1 heterocycles. The highest BCUT2D eigenvalue weighted by Crippen LogP contribution is 2.47. The van der Waals surface area contributed by atoms with Crippen molar-refractivity contribution in [3.8, 4) is 5.75 Å². The fourth-order valence-corrected chi connectivity index (χ4v) is 4.88. The number of hydrogen-bond donors (Lipinski definition) is 1. The minimum Gasteiger partial charge on any atom is -0.496 e. The van der Waals surface area contributed by atoms with E-state index in [0.717, 1.165) is 22.2 Å². The highest BCUT2D eigenvalue weighted by atomic mass is 79.9. The second kappa shape index (κ2) is 9.57. The molecule has 0 saturated carbocycles. The molecule has 1 unspecified atom stereocenters. The first-order valence-electron chi connectivity index (χ1n) is 10.5.